The molecule has 1 saturated heterocycles. The quantitative estimate of drug-likeness (QED) is 0.855. The van der Waals surface area contributed by atoms with E-state index in [9.17, 15) is 9.18 Å². The van der Waals surface area contributed by atoms with Crippen molar-refractivity contribution in [3.8, 4) is 0 Å². The highest BCUT2D eigenvalue weighted by Crippen LogP contribution is 2.12. The molecule has 22 heavy (non-hydrogen) atoms. The lowest BCUT2D eigenvalue weighted by Gasteiger charge is -2.29. The molecule has 0 aliphatic carbocycles. The largest absolute Gasteiger partial charge is 0.380 e. The molecule has 0 aromatic heterocycles. The number of halogens is 2. The second kappa shape index (κ2) is 9.05. The van der Waals surface area contributed by atoms with E-state index in [0.717, 1.165) is 5.56 Å². The lowest BCUT2D eigenvalue weighted by Crippen LogP contribution is -2.55. The highest BCUT2D eigenvalue weighted by atomic mass is 35.5. The Morgan fingerprint density at radius 1 is 1.55 bits per heavy atom. The predicted molar refractivity (Wildman–Crippen MR) is 83.4 cm³/mol. The van der Waals surface area contributed by atoms with Crippen molar-refractivity contribution in [3.63, 3.8) is 0 Å². The van der Waals surface area contributed by atoms with Gasteiger partial charge in [-0.25, -0.2) is 4.39 Å². The zero-order valence-corrected chi connectivity index (χ0v) is 13.5. The number of rotatable bonds is 5. The summed E-state index contributed by atoms with van der Waals surface area (Å²) >= 11 is 0. The number of hydrogen-bond donors (Lipinski definition) is 2. The first-order chi connectivity index (χ1) is 10.1. The molecule has 5 nitrogen and oxygen atoms in total. The van der Waals surface area contributed by atoms with E-state index < -0.39 is 0 Å². The van der Waals surface area contributed by atoms with Crippen LogP contribution in [0, 0.1) is 5.82 Å². The van der Waals surface area contributed by atoms with Gasteiger partial charge in [-0.2, -0.15) is 0 Å². The summed E-state index contributed by atoms with van der Waals surface area (Å²) in [6.45, 7) is 3.70. The number of methoxy groups -OCH3 is 1. The summed E-state index contributed by atoms with van der Waals surface area (Å²) in [6.07, 6.45) is -0.156. The summed E-state index contributed by atoms with van der Waals surface area (Å²) in [5.74, 6) is -0.414. The molecule has 1 aliphatic heterocycles. The van der Waals surface area contributed by atoms with Crippen LogP contribution in [0.2, 0.25) is 0 Å². The topological polar surface area (TPSA) is 59.6 Å². The van der Waals surface area contributed by atoms with Gasteiger partial charge in [0.2, 0.25) is 5.91 Å². The lowest BCUT2D eigenvalue weighted by atomic mass is 10.1. The molecular formula is C15H22ClFN2O3. The monoisotopic (exact) mass is 332 g/mol. The molecule has 0 unspecified atom stereocenters. The van der Waals surface area contributed by atoms with Gasteiger partial charge in [0, 0.05) is 25.8 Å². The summed E-state index contributed by atoms with van der Waals surface area (Å²) in [7, 11) is 1.52. The summed E-state index contributed by atoms with van der Waals surface area (Å²) in [6, 6.07) is 4.40. The van der Waals surface area contributed by atoms with Gasteiger partial charge < -0.3 is 20.1 Å². The van der Waals surface area contributed by atoms with Crippen molar-refractivity contribution in [2.24, 2.45) is 0 Å². The fraction of sp³-hybridized carbons (Fsp3) is 0.533. The van der Waals surface area contributed by atoms with Crippen LogP contribution in [0.4, 0.5) is 4.39 Å². The highest BCUT2D eigenvalue weighted by Gasteiger charge is 2.27. The van der Waals surface area contributed by atoms with Gasteiger partial charge in [-0.05, 0) is 24.6 Å². The van der Waals surface area contributed by atoms with Gasteiger partial charge in [0.1, 0.15) is 11.9 Å². The molecule has 0 spiro atoms. The van der Waals surface area contributed by atoms with E-state index >= 15 is 0 Å². The van der Waals surface area contributed by atoms with Gasteiger partial charge in [0.05, 0.1) is 19.3 Å². The van der Waals surface area contributed by atoms with Crippen molar-refractivity contribution in [2.45, 2.75) is 32.2 Å². The lowest BCUT2D eigenvalue weighted by molar-refractivity contribution is -0.129. The van der Waals surface area contributed by atoms with Crippen molar-refractivity contribution in [1.82, 2.24) is 10.6 Å². The summed E-state index contributed by atoms with van der Waals surface area (Å²) in [5.41, 5.74) is 1.32. The Bertz CT molecular complexity index is 502. The molecule has 1 aliphatic rings. The van der Waals surface area contributed by atoms with Gasteiger partial charge in [0.25, 0.3) is 0 Å². The molecule has 1 heterocycles. The Morgan fingerprint density at radius 3 is 3.00 bits per heavy atom. The van der Waals surface area contributed by atoms with Crippen LogP contribution in [-0.2, 0) is 27.4 Å². The van der Waals surface area contributed by atoms with Gasteiger partial charge in [-0.15, -0.1) is 12.4 Å². The molecule has 124 valence electrons. The molecule has 2 N–H and O–H groups in total. The van der Waals surface area contributed by atoms with Gasteiger partial charge in [0.15, 0.2) is 0 Å². The van der Waals surface area contributed by atoms with Crippen LogP contribution in [0.15, 0.2) is 18.2 Å². The van der Waals surface area contributed by atoms with Crippen molar-refractivity contribution in [1.29, 1.82) is 0 Å². The first-order valence-electron chi connectivity index (χ1n) is 7.00. The van der Waals surface area contributed by atoms with E-state index in [1.807, 2.05) is 6.92 Å². The number of benzene rings is 1. The van der Waals surface area contributed by atoms with Crippen LogP contribution in [0.3, 0.4) is 0 Å². The van der Waals surface area contributed by atoms with Crippen molar-refractivity contribution < 1.29 is 18.7 Å². The highest BCUT2D eigenvalue weighted by molar-refractivity contribution is 5.85. The smallest absolute Gasteiger partial charge is 0.240 e. The van der Waals surface area contributed by atoms with Crippen molar-refractivity contribution in [2.75, 3.05) is 20.3 Å². The average Bonchev–Trinajstić information content (AvgIpc) is 2.48. The van der Waals surface area contributed by atoms with Crippen LogP contribution in [0.25, 0.3) is 0 Å². The van der Waals surface area contributed by atoms with Gasteiger partial charge in [-0.3, -0.25) is 4.79 Å². The second-order valence-corrected chi connectivity index (χ2v) is 5.08. The summed E-state index contributed by atoms with van der Waals surface area (Å²) < 4.78 is 23.9. The van der Waals surface area contributed by atoms with E-state index in [0.29, 0.717) is 25.3 Å². The Labute approximate surface area is 136 Å². The van der Waals surface area contributed by atoms with Crippen LogP contribution >= 0.6 is 12.4 Å². The Kier molecular flexibility index (Phi) is 7.75. The minimum atomic E-state index is -0.349. The predicted octanol–water partition coefficient (Wildman–Crippen LogP) is 1.39. The Morgan fingerprint density at radius 2 is 2.32 bits per heavy atom. The van der Waals surface area contributed by atoms with Crippen LogP contribution in [-0.4, -0.2) is 38.3 Å². The third kappa shape index (κ3) is 4.91. The normalized spacial score (nSPS) is 21.0. The molecule has 1 aromatic rings. The fourth-order valence-electron chi connectivity index (χ4n) is 2.33. The van der Waals surface area contributed by atoms with Crippen LogP contribution in [0.5, 0.6) is 0 Å². The minimum absolute atomic E-state index is 0. The zero-order chi connectivity index (χ0) is 15.2. The maximum atomic E-state index is 13.5. The van der Waals surface area contributed by atoms with E-state index in [1.165, 1.54) is 13.2 Å². The van der Waals surface area contributed by atoms with Crippen molar-refractivity contribution in [3.05, 3.63) is 35.1 Å². The molecule has 0 saturated carbocycles. The van der Waals surface area contributed by atoms with Crippen LogP contribution < -0.4 is 10.6 Å². The maximum absolute atomic E-state index is 13.5. The molecule has 2 rings (SSSR count). The number of hydrogen-bond acceptors (Lipinski definition) is 4. The van der Waals surface area contributed by atoms with Crippen LogP contribution in [0.1, 0.15) is 18.1 Å². The maximum Gasteiger partial charge on any atom is 0.240 e. The third-order valence-corrected chi connectivity index (χ3v) is 3.48. The number of ether oxygens (including phenoxy) is 2. The fourth-order valence-corrected chi connectivity index (χ4v) is 2.33. The first kappa shape index (κ1) is 18.8. The van der Waals surface area contributed by atoms with Crippen molar-refractivity contribution >= 4 is 18.3 Å². The molecule has 0 bridgehead atoms. The number of nitrogens with one attached hydrogen (secondary N) is 2. The molecule has 0 radical (unpaired) electrons. The Balaban J connectivity index is 0.00000242. The number of carbonyl (C=O) groups is 1. The molecule has 2 atom stereocenters. The number of carbonyl (C=O) groups excluding carboxylic acids is 1. The molecule has 1 amide bonds. The van der Waals surface area contributed by atoms with Gasteiger partial charge in [-0.1, -0.05) is 6.07 Å². The number of amides is 1. The molecular weight excluding hydrogens is 311 g/mol. The molecule has 7 heteroatoms. The standard InChI is InChI=1S/C15H21FN2O3.ClH/c1-10-14(17-5-6-21-10)15(19)18-8-11-3-4-13(16)12(7-11)9-20-2;/h3-4,7,10,14,17H,5-6,8-9H2,1-2H3,(H,18,19);1H/t10-,14+;/m1./s1. The number of morpholine rings is 1. The van der Waals surface area contributed by atoms with E-state index in [2.05, 4.69) is 10.6 Å². The summed E-state index contributed by atoms with van der Waals surface area (Å²) in [5, 5.41) is 5.97. The van der Waals surface area contributed by atoms with E-state index in [4.69, 9.17) is 9.47 Å². The second-order valence-electron chi connectivity index (χ2n) is 5.08. The van der Waals surface area contributed by atoms with Gasteiger partial charge >= 0.3 is 0 Å². The first-order valence-corrected chi connectivity index (χ1v) is 7.00. The molecule has 1 aromatic carbocycles. The summed E-state index contributed by atoms with van der Waals surface area (Å²) in [4.78, 5) is 12.1. The van der Waals surface area contributed by atoms with E-state index in [-0.39, 0.29) is 42.9 Å². The zero-order valence-electron chi connectivity index (χ0n) is 12.7. The Hall–Kier alpha value is -1.21. The molecule has 1 fully saturated rings. The SMILES string of the molecule is COCc1cc(CNC(=O)[C@H]2NCCO[C@@H]2C)ccc1F.Cl. The minimum Gasteiger partial charge on any atom is -0.380 e. The van der Waals surface area contributed by atoms with E-state index in [1.54, 1.807) is 12.1 Å². The third-order valence-electron chi connectivity index (χ3n) is 3.48. The average molecular weight is 333 g/mol.